The highest BCUT2D eigenvalue weighted by molar-refractivity contribution is 5.96. The van der Waals surface area contributed by atoms with Crippen LogP contribution < -0.4 is 20.9 Å². The molecule has 1 aromatic rings. The third-order valence-corrected chi connectivity index (χ3v) is 4.19. The Bertz CT molecular complexity index is 672. The molecular weight excluding hydrogens is 320 g/mol. The molecular formula is C18H26N4O3. The molecule has 0 saturated heterocycles. The van der Waals surface area contributed by atoms with Gasteiger partial charge in [-0.05, 0) is 42.5 Å². The summed E-state index contributed by atoms with van der Waals surface area (Å²) in [7, 11) is 1.55. The van der Waals surface area contributed by atoms with Crippen LogP contribution in [0.25, 0.3) is 0 Å². The highest BCUT2D eigenvalue weighted by atomic mass is 16.2. The van der Waals surface area contributed by atoms with Gasteiger partial charge in [-0.3, -0.25) is 9.59 Å². The van der Waals surface area contributed by atoms with E-state index in [1.165, 1.54) is 0 Å². The predicted octanol–water partition coefficient (Wildman–Crippen LogP) is 1.88. The highest BCUT2D eigenvalue weighted by Gasteiger charge is 2.23. The van der Waals surface area contributed by atoms with E-state index in [1.807, 2.05) is 26.0 Å². The monoisotopic (exact) mass is 346 g/mol. The van der Waals surface area contributed by atoms with Gasteiger partial charge in [0.25, 0.3) is 0 Å². The first kappa shape index (κ1) is 18.8. The quantitative estimate of drug-likeness (QED) is 0.760. The van der Waals surface area contributed by atoms with Gasteiger partial charge in [-0.2, -0.15) is 0 Å². The summed E-state index contributed by atoms with van der Waals surface area (Å²) in [4.78, 5) is 37.4. The van der Waals surface area contributed by atoms with Crippen molar-refractivity contribution < 1.29 is 14.4 Å². The zero-order valence-corrected chi connectivity index (χ0v) is 15.2. The fraction of sp³-hybridized carbons (Fsp3) is 0.500. The summed E-state index contributed by atoms with van der Waals surface area (Å²) in [5.41, 5.74) is 2.56. The van der Waals surface area contributed by atoms with Gasteiger partial charge in [-0.15, -0.1) is 0 Å². The first-order chi connectivity index (χ1) is 11.8. The lowest BCUT2D eigenvalue weighted by Gasteiger charge is -2.19. The number of nitrogens with one attached hydrogen (secondary N) is 3. The minimum Gasteiger partial charge on any atom is -0.357 e. The lowest BCUT2D eigenvalue weighted by molar-refractivity contribution is -0.122. The maximum Gasteiger partial charge on any atom is 0.319 e. The van der Waals surface area contributed by atoms with Crippen LogP contribution in [0.3, 0.4) is 0 Å². The zero-order chi connectivity index (χ0) is 18.6. The molecule has 1 aliphatic rings. The number of amides is 4. The molecule has 4 amide bonds. The largest absolute Gasteiger partial charge is 0.357 e. The second kappa shape index (κ2) is 8.00. The summed E-state index contributed by atoms with van der Waals surface area (Å²) in [5, 5.41) is 8.05. The molecule has 0 saturated carbocycles. The minimum absolute atomic E-state index is 0.0132. The number of fused-ring (bicyclic) bond motifs is 1. The van der Waals surface area contributed by atoms with Crippen LogP contribution in [0.5, 0.6) is 0 Å². The van der Waals surface area contributed by atoms with E-state index in [4.69, 9.17) is 0 Å². The average molecular weight is 346 g/mol. The van der Waals surface area contributed by atoms with Crippen molar-refractivity contribution in [2.75, 3.05) is 23.8 Å². The van der Waals surface area contributed by atoms with Gasteiger partial charge >= 0.3 is 6.03 Å². The number of nitrogens with zero attached hydrogens (tertiary/aromatic N) is 1. The van der Waals surface area contributed by atoms with E-state index < -0.39 is 12.1 Å². The minimum atomic E-state index is -0.576. The SMILES string of the molecule is CNC(=O)[C@H](CC(C)C)NC(=O)Nc1ccc2c(c1)CCN2C(C)=O. The van der Waals surface area contributed by atoms with Crippen LogP contribution in [0.15, 0.2) is 18.2 Å². The number of hydrogen-bond donors (Lipinski definition) is 3. The molecule has 0 fully saturated rings. The van der Waals surface area contributed by atoms with Crippen LogP contribution in [0, 0.1) is 5.92 Å². The standard InChI is InChI=1S/C18H26N4O3/c1-11(2)9-15(17(24)19-4)21-18(25)20-14-5-6-16-13(10-14)7-8-22(16)12(3)23/h5-6,10-11,15H,7-9H2,1-4H3,(H,19,24)(H2,20,21,25)/t15-/m0/s1. The number of rotatable bonds is 5. The molecule has 1 aliphatic heterocycles. The molecule has 0 spiro atoms. The maximum atomic E-state index is 12.2. The Hall–Kier alpha value is -2.57. The summed E-state index contributed by atoms with van der Waals surface area (Å²) in [6.07, 6.45) is 1.32. The van der Waals surface area contributed by atoms with E-state index in [1.54, 1.807) is 24.9 Å². The van der Waals surface area contributed by atoms with Gasteiger partial charge in [0.1, 0.15) is 6.04 Å². The van der Waals surface area contributed by atoms with E-state index in [9.17, 15) is 14.4 Å². The molecule has 0 radical (unpaired) electrons. The van der Waals surface area contributed by atoms with Crippen molar-refractivity contribution in [3.8, 4) is 0 Å². The summed E-state index contributed by atoms with van der Waals surface area (Å²) in [6.45, 7) is 6.20. The summed E-state index contributed by atoms with van der Waals surface area (Å²) in [6, 6.07) is 4.47. The van der Waals surface area contributed by atoms with Crippen LogP contribution in [-0.4, -0.2) is 37.5 Å². The Morgan fingerprint density at radius 3 is 2.56 bits per heavy atom. The molecule has 1 aromatic carbocycles. The lowest BCUT2D eigenvalue weighted by Crippen LogP contribution is -2.47. The van der Waals surface area contributed by atoms with Crippen LogP contribution in [-0.2, 0) is 16.0 Å². The van der Waals surface area contributed by atoms with Crippen LogP contribution in [0.4, 0.5) is 16.2 Å². The van der Waals surface area contributed by atoms with Crippen LogP contribution in [0.2, 0.25) is 0 Å². The molecule has 136 valence electrons. The van der Waals surface area contributed by atoms with Crippen molar-refractivity contribution in [1.29, 1.82) is 0 Å². The van der Waals surface area contributed by atoms with Gasteiger partial charge in [0.05, 0.1) is 0 Å². The Morgan fingerprint density at radius 1 is 1.24 bits per heavy atom. The molecule has 0 unspecified atom stereocenters. The fourth-order valence-electron chi connectivity index (χ4n) is 3.01. The average Bonchev–Trinajstić information content (AvgIpc) is 2.96. The third kappa shape index (κ3) is 4.71. The van der Waals surface area contributed by atoms with Gasteiger partial charge in [-0.1, -0.05) is 13.8 Å². The molecule has 2 rings (SSSR count). The number of carbonyl (C=O) groups is 3. The van der Waals surface area contributed by atoms with Crippen LogP contribution >= 0.6 is 0 Å². The zero-order valence-electron chi connectivity index (χ0n) is 15.2. The van der Waals surface area contributed by atoms with E-state index in [0.29, 0.717) is 18.7 Å². The maximum absolute atomic E-state index is 12.2. The number of urea groups is 1. The predicted molar refractivity (Wildman–Crippen MR) is 97.6 cm³/mol. The number of hydrogen-bond acceptors (Lipinski definition) is 3. The molecule has 7 heteroatoms. The molecule has 0 bridgehead atoms. The van der Waals surface area contributed by atoms with Crippen molar-refractivity contribution in [3.05, 3.63) is 23.8 Å². The van der Waals surface area contributed by atoms with Crippen molar-refractivity contribution in [3.63, 3.8) is 0 Å². The van der Waals surface area contributed by atoms with E-state index in [0.717, 1.165) is 17.7 Å². The van der Waals surface area contributed by atoms with Crippen LogP contribution in [0.1, 0.15) is 32.8 Å². The Morgan fingerprint density at radius 2 is 1.96 bits per heavy atom. The molecule has 1 heterocycles. The van der Waals surface area contributed by atoms with Gasteiger partial charge in [0, 0.05) is 31.9 Å². The molecule has 0 aliphatic carbocycles. The molecule has 1 atom stereocenters. The fourth-order valence-corrected chi connectivity index (χ4v) is 3.01. The Kier molecular flexibility index (Phi) is 6.01. The van der Waals surface area contributed by atoms with Crippen molar-refractivity contribution in [2.45, 2.75) is 39.7 Å². The van der Waals surface area contributed by atoms with E-state index in [-0.39, 0.29) is 17.7 Å². The topological polar surface area (TPSA) is 90.5 Å². The summed E-state index contributed by atoms with van der Waals surface area (Å²) >= 11 is 0. The number of benzene rings is 1. The van der Waals surface area contributed by atoms with E-state index in [2.05, 4.69) is 16.0 Å². The smallest absolute Gasteiger partial charge is 0.319 e. The third-order valence-electron chi connectivity index (χ3n) is 4.19. The summed E-state index contributed by atoms with van der Waals surface area (Å²) < 4.78 is 0. The summed E-state index contributed by atoms with van der Waals surface area (Å²) in [5.74, 6) is 0.0781. The number of carbonyl (C=O) groups excluding carboxylic acids is 3. The van der Waals surface area contributed by atoms with Crippen molar-refractivity contribution in [1.82, 2.24) is 10.6 Å². The number of likely N-dealkylation sites (N-methyl/N-ethyl adjacent to an activating group) is 1. The van der Waals surface area contributed by atoms with Gasteiger partial charge in [-0.25, -0.2) is 4.79 Å². The normalized spacial score (nSPS) is 14.0. The second-order valence-corrected chi connectivity index (χ2v) is 6.66. The molecule has 0 aromatic heterocycles. The highest BCUT2D eigenvalue weighted by Crippen LogP contribution is 2.30. The second-order valence-electron chi connectivity index (χ2n) is 6.66. The molecule has 25 heavy (non-hydrogen) atoms. The molecule has 3 N–H and O–H groups in total. The van der Waals surface area contributed by atoms with Crippen molar-refractivity contribution in [2.24, 2.45) is 5.92 Å². The molecule has 7 nitrogen and oxygen atoms in total. The first-order valence-electron chi connectivity index (χ1n) is 8.52. The Labute approximate surface area is 148 Å². The van der Waals surface area contributed by atoms with Gasteiger partial charge in [0.15, 0.2) is 0 Å². The van der Waals surface area contributed by atoms with E-state index >= 15 is 0 Å². The van der Waals surface area contributed by atoms with Gasteiger partial charge < -0.3 is 20.9 Å². The van der Waals surface area contributed by atoms with Crippen molar-refractivity contribution >= 4 is 29.2 Å². The first-order valence-corrected chi connectivity index (χ1v) is 8.52. The number of anilines is 2. The Balaban J connectivity index is 2.03. The van der Waals surface area contributed by atoms with Gasteiger partial charge in [0.2, 0.25) is 11.8 Å². The lowest BCUT2D eigenvalue weighted by atomic mass is 10.0.